The first kappa shape index (κ1) is 81.2. The van der Waals surface area contributed by atoms with Gasteiger partial charge in [-0.3, -0.25) is 14.4 Å². The van der Waals surface area contributed by atoms with Gasteiger partial charge in [0.25, 0.3) is 0 Å². The molecule has 0 aliphatic carbocycles. The maximum absolute atomic E-state index is 13.0. The van der Waals surface area contributed by atoms with E-state index in [2.05, 4.69) is 32.9 Å². The molecule has 1 unspecified atom stereocenters. The lowest BCUT2D eigenvalue weighted by atomic mass is 10.0. The molecule has 0 aromatic rings. The van der Waals surface area contributed by atoms with Gasteiger partial charge in [0, 0.05) is 19.3 Å². The van der Waals surface area contributed by atoms with Crippen LogP contribution < -0.4 is 0 Å². The maximum atomic E-state index is 13.0. The summed E-state index contributed by atoms with van der Waals surface area (Å²) in [5.74, 6) is -0.837. The van der Waals surface area contributed by atoms with Crippen LogP contribution >= 0.6 is 0 Å². The Morgan fingerprint density at radius 1 is 0.229 bits per heavy atom. The summed E-state index contributed by atoms with van der Waals surface area (Å²) in [6, 6.07) is 0. The van der Waals surface area contributed by atoms with Crippen LogP contribution in [0.3, 0.4) is 0 Å². The normalized spacial score (nSPS) is 12.0. The van der Waals surface area contributed by atoms with Crippen LogP contribution in [-0.4, -0.2) is 37.2 Å². The standard InChI is InChI=1S/C77H148O6/c1-4-7-10-13-16-19-22-25-27-29-31-33-34-35-36-37-38-39-40-41-42-43-44-46-47-49-52-55-58-61-64-67-70-76(79)82-73-74(72-81-75(78)69-66-63-60-57-54-51-24-21-18-15-12-9-6-3)83-77(80)71-68-65-62-59-56-53-50-48-45-32-30-28-26-23-20-17-14-11-8-5-2/h21,24,74H,4-20,22-23,25-73H2,1-3H3/b24-21-. The molecular weight excluding hydrogens is 1020 g/mol. The molecule has 0 fully saturated rings. The predicted octanol–water partition coefficient (Wildman–Crippen LogP) is 26.3. The highest BCUT2D eigenvalue weighted by atomic mass is 16.6. The van der Waals surface area contributed by atoms with Gasteiger partial charge in [0.2, 0.25) is 0 Å². The highest BCUT2D eigenvalue weighted by Gasteiger charge is 2.20. The van der Waals surface area contributed by atoms with E-state index < -0.39 is 6.10 Å². The van der Waals surface area contributed by atoms with Gasteiger partial charge in [0.1, 0.15) is 13.2 Å². The zero-order valence-corrected chi connectivity index (χ0v) is 56.8. The number of hydrogen-bond donors (Lipinski definition) is 0. The Hall–Kier alpha value is -1.85. The van der Waals surface area contributed by atoms with Crippen LogP contribution in [0.2, 0.25) is 0 Å². The average Bonchev–Trinajstić information content (AvgIpc) is 3.50. The van der Waals surface area contributed by atoms with Crippen molar-refractivity contribution in [3.63, 3.8) is 0 Å². The summed E-state index contributed by atoms with van der Waals surface area (Å²) in [7, 11) is 0. The first-order valence-corrected chi connectivity index (χ1v) is 38.2. The summed E-state index contributed by atoms with van der Waals surface area (Å²) in [6.45, 7) is 6.72. The second-order valence-corrected chi connectivity index (χ2v) is 26.3. The van der Waals surface area contributed by atoms with Crippen LogP contribution in [0, 0.1) is 0 Å². The van der Waals surface area contributed by atoms with Crippen molar-refractivity contribution in [2.75, 3.05) is 13.2 Å². The van der Waals surface area contributed by atoms with Crippen molar-refractivity contribution in [1.82, 2.24) is 0 Å². The number of esters is 3. The average molecular weight is 1170 g/mol. The van der Waals surface area contributed by atoms with E-state index in [1.807, 2.05) is 0 Å². The third-order valence-electron chi connectivity index (χ3n) is 17.8. The third-order valence-corrected chi connectivity index (χ3v) is 17.8. The first-order valence-electron chi connectivity index (χ1n) is 38.2. The van der Waals surface area contributed by atoms with E-state index in [1.54, 1.807) is 0 Å². The van der Waals surface area contributed by atoms with Gasteiger partial charge >= 0.3 is 17.9 Å². The van der Waals surface area contributed by atoms with Crippen molar-refractivity contribution in [2.45, 2.75) is 451 Å². The van der Waals surface area contributed by atoms with Crippen LogP contribution in [0.1, 0.15) is 445 Å². The monoisotopic (exact) mass is 1170 g/mol. The minimum atomic E-state index is -0.770. The smallest absolute Gasteiger partial charge is 0.306 e. The second kappa shape index (κ2) is 72.6. The van der Waals surface area contributed by atoms with Gasteiger partial charge in [-0.05, 0) is 44.9 Å². The molecular formula is C77H148O6. The third kappa shape index (κ3) is 70.8. The number of rotatable bonds is 72. The molecule has 0 spiro atoms. The first-order chi connectivity index (χ1) is 41.0. The topological polar surface area (TPSA) is 78.9 Å². The number of carbonyl (C=O) groups excluding carboxylic acids is 3. The van der Waals surface area contributed by atoms with Crippen LogP contribution in [-0.2, 0) is 28.6 Å². The van der Waals surface area contributed by atoms with Crippen LogP contribution in [0.25, 0.3) is 0 Å². The molecule has 0 aromatic carbocycles. The second-order valence-electron chi connectivity index (χ2n) is 26.3. The molecule has 0 bridgehead atoms. The number of ether oxygens (including phenoxy) is 3. The van der Waals surface area contributed by atoms with E-state index in [1.165, 1.54) is 340 Å². The van der Waals surface area contributed by atoms with Gasteiger partial charge in [-0.15, -0.1) is 0 Å². The number of carbonyl (C=O) groups is 3. The van der Waals surface area contributed by atoms with Crippen molar-refractivity contribution in [3.05, 3.63) is 12.2 Å². The van der Waals surface area contributed by atoms with Crippen molar-refractivity contribution >= 4 is 17.9 Å². The molecule has 1 atom stereocenters. The fraction of sp³-hybridized carbons (Fsp3) is 0.935. The zero-order chi connectivity index (χ0) is 59.9. The Morgan fingerprint density at radius 3 is 0.614 bits per heavy atom. The molecule has 0 saturated heterocycles. The van der Waals surface area contributed by atoms with Crippen molar-refractivity contribution in [1.29, 1.82) is 0 Å². The van der Waals surface area contributed by atoms with Gasteiger partial charge in [0.15, 0.2) is 6.10 Å². The van der Waals surface area contributed by atoms with Gasteiger partial charge < -0.3 is 14.2 Å². The lowest BCUT2D eigenvalue weighted by Gasteiger charge is -2.18. The van der Waals surface area contributed by atoms with Gasteiger partial charge in [-0.1, -0.05) is 392 Å². The molecule has 0 aliphatic heterocycles. The summed E-state index contributed by atoms with van der Waals surface area (Å²) in [5.41, 5.74) is 0. The molecule has 0 radical (unpaired) electrons. The fourth-order valence-electron chi connectivity index (χ4n) is 12.0. The molecule has 0 saturated carbocycles. The molecule has 6 nitrogen and oxygen atoms in total. The lowest BCUT2D eigenvalue weighted by molar-refractivity contribution is -0.167. The van der Waals surface area contributed by atoms with Crippen molar-refractivity contribution < 1.29 is 28.6 Å². The Bertz CT molecular complexity index is 1300. The SMILES string of the molecule is CCCCCC/C=C\CCCCCCCC(=O)OCC(COC(=O)CCCCCCCCCCCCCCCCCCCCCCCCCCCCCCCCCC)OC(=O)CCCCCCCCCCCCCCCCCCCCCC. The summed E-state index contributed by atoms with van der Waals surface area (Å²) in [6.07, 6.45) is 88.5. The Balaban J connectivity index is 4.10. The Kier molecular flexibility index (Phi) is 71.0. The largest absolute Gasteiger partial charge is 0.462 e. The van der Waals surface area contributed by atoms with E-state index in [0.717, 1.165) is 64.2 Å². The number of unbranched alkanes of at least 4 members (excludes halogenated alkanes) is 59. The van der Waals surface area contributed by atoms with Crippen molar-refractivity contribution in [3.8, 4) is 0 Å². The maximum Gasteiger partial charge on any atom is 0.306 e. The molecule has 6 heteroatoms. The lowest BCUT2D eigenvalue weighted by Crippen LogP contribution is -2.30. The molecule has 0 aromatic heterocycles. The zero-order valence-electron chi connectivity index (χ0n) is 56.8. The summed E-state index contributed by atoms with van der Waals surface area (Å²) in [4.78, 5) is 38.5. The molecule has 0 aliphatic rings. The summed E-state index contributed by atoms with van der Waals surface area (Å²) < 4.78 is 17.0. The van der Waals surface area contributed by atoms with Crippen LogP contribution in [0.15, 0.2) is 12.2 Å². The predicted molar refractivity (Wildman–Crippen MR) is 363 cm³/mol. The Labute approximate surface area is 520 Å². The van der Waals surface area contributed by atoms with Gasteiger partial charge in [-0.25, -0.2) is 0 Å². The highest BCUT2D eigenvalue weighted by molar-refractivity contribution is 5.71. The van der Waals surface area contributed by atoms with Crippen LogP contribution in [0.5, 0.6) is 0 Å². The quantitative estimate of drug-likeness (QED) is 0.0261. The van der Waals surface area contributed by atoms with E-state index in [0.29, 0.717) is 19.3 Å². The molecule has 0 amide bonds. The van der Waals surface area contributed by atoms with Crippen LogP contribution in [0.4, 0.5) is 0 Å². The fourth-order valence-corrected chi connectivity index (χ4v) is 12.0. The number of hydrogen-bond acceptors (Lipinski definition) is 6. The van der Waals surface area contributed by atoms with Gasteiger partial charge in [0.05, 0.1) is 0 Å². The van der Waals surface area contributed by atoms with E-state index in [9.17, 15) is 14.4 Å². The van der Waals surface area contributed by atoms with Crippen molar-refractivity contribution in [2.24, 2.45) is 0 Å². The molecule has 0 N–H and O–H groups in total. The van der Waals surface area contributed by atoms with E-state index in [-0.39, 0.29) is 31.1 Å². The molecule has 83 heavy (non-hydrogen) atoms. The molecule has 492 valence electrons. The number of allylic oxidation sites excluding steroid dienone is 2. The van der Waals surface area contributed by atoms with E-state index >= 15 is 0 Å². The minimum Gasteiger partial charge on any atom is -0.462 e. The molecule has 0 rings (SSSR count). The minimum absolute atomic E-state index is 0.0655. The van der Waals surface area contributed by atoms with E-state index in [4.69, 9.17) is 14.2 Å². The summed E-state index contributed by atoms with van der Waals surface area (Å²) in [5, 5.41) is 0. The Morgan fingerprint density at radius 2 is 0.398 bits per heavy atom. The summed E-state index contributed by atoms with van der Waals surface area (Å²) >= 11 is 0. The molecule has 0 heterocycles. The highest BCUT2D eigenvalue weighted by Crippen LogP contribution is 2.20. The van der Waals surface area contributed by atoms with Gasteiger partial charge in [-0.2, -0.15) is 0 Å².